The van der Waals surface area contributed by atoms with Gasteiger partial charge in [-0.3, -0.25) is 0 Å². The molecular weight excluding hydrogens is 359 g/mol. The van der Waals surface area contributed by atoms with Gasteiger partial charge in [-0.15, -0.1) is 0 Å². The predicted octanol–water partition coefficient (Wildman–Crippen LogP) is 2.09. The molecule has 0 unspecified atom stereocenters. The standard InChI is InChI=1S/C17H21FN4O3S/c1-25-15-6-5-13(18)11-16(15)26(23,24)20-12-14-7-8-19-17(21-14)22-9-3-2-4-10-22/h5-8,11,20H,2-4,9-10,12H2,1H3. The number of benzene rings is 1. The zero-order valence-corrected chi connectivity index (χ0v) is 15.3. The van der Waals surface area contributed by atoms with Gasteiger partial charge >= 0.3 is 0 Å². The summed E-state index contributed by atoms with van der Waals surface area (Å²) in [5.74, 6) is 0.0286. The minimum atomic E-state index is -3.95. The normalized spacial score (nSPS) is 15.1. The van der Waals surface area contributed by atoms with Crippen LogP contribution in [-0.2, 0) is 16.6 Å². The first-order chi connectivity index (χ1) is 12.5. The third kappa shape index (κ3) is 4.28. The number of rotatable bonds is 6. The van der Waals surface area contributed by atoms with E-state index in [1.807, 2.05) is 0 Å². The van der Waals surface area contributed by atoms with Crippen molar-refractivity contribution < 1.29 is 17.5 Å². The monoisotopic (exact) mass is 380 g/mol. The Bertz CT molecular complexity index is 870. The smallest absolute Gasteiger partial charge is 0.244 e. The maximum Gasteiger partial charge on any atom is 0.244 e. The molecule has 26 heavy (non-hydrogen) atoms. The highest BCUT2D eigenvalue weighted by Crippen LogP contribution is 2.24. The number of methoxy groups -OCH3 is 1. The van der Waals surface area contributed by atoms with E-state index in [1.165, 1.54) is 19.6 Å². The summed E-state index contributed by atoms with van der Waals surface area (Å²) in [6.07, 6.45) is 5.01. The van der Waals surface area contributed by atoms with Crippen LogP contribution in [-0.4, -0.2) is 38.6 Å². The average Bonchev–Trinajstić information content (AvgIpc) is 2.67. The molecule has 0 atom stereocenters. The van der Waals surface area contributed by atoms with Gasteiger partial charge < -0.3 is 9.64 Å². The van der Waals surface area contributed by atoms with Gasteiger partial charge in [-0.1, -0.05) is 0 Å². The Morgan fingerprint density at radius 2 is 2.00 bits per heavy atom. The fraction of sp³-hybridized carbons (Fsp3) is 0.412. The second kappa shape index (κ2) is 7.96. The van der Waals surface area contributed by atoms with E-state index in [4.69, 9.17) is 4.74 Å². The predicted molar refractivity (Wildman–Crippen MR) is 95.1 cm³/mol. The van der Waals surface area contributed by atoms with Crippen LogP contribution in [0.25, 0.3) is 0 Å². The van der Waals surface area contributed by atoms with Crippen LogP contribution in [0.4, 0.5) is 10.3 Å². The number of hydrogen-bond acceptors (Lipinski definition) is 6. The highest BCUT2D eigenvalue weighted by Gasteiger charge is 2.21. The van der Waals surface area contributed by atoms with Crippen LogP contribution in [0.2, 0.25) is 0 Å². The molecular formula is C17H21FN4O3S. The van der Waals surface area contributed by atoms with Crippen LogP contribution in [0.15, 0.2) is 35.4 Å². The van der Waals surface area contributed by atoms with Crippen LogP contribution in [0.5, 0.6) is 5.75 Å². The second-order valence-corrected chi connectivity index (χ2v) is 7.75. The number of halogens is 1. The van der Waals surface area contributed by atoms with Crippen LogP contribution >= 0.6 is 0 Å². The summed E-state index contributed by atoms with van der Waals surface area (Å²) in [6, 6.07) is 5.01. The number of ether oxygens (including phenoxy) is 1. The molecule has 1 aromatic carbocycles. The van der Waals surface area contributed by atoms with E-state index >= 15 is 0 Å². The number of hydrogen-bond donors (Lipinski definition) is 1. The van der Waals surface area contributed by atoms with E-state index in [2.05, 4.69) is 19.6 Å². The Hall–Kier alpha value is -2.26. The molecule has 9 heteroatoms. The van der Waals surface area contributed by atoms with E-state index in [-0.39, 0.29) is 17.2 Å². The molecule has 3 rings (SSSR count). The fourth-order valence-electron chi connectivity index (χ4n) is 2.84. The van der Waals surface area contributed by atoms with Crippen LogP contribution in [0, 0.1) is 5.82 Å². The van der Waals surface area contributed by atoms with Crippen LogP contribution < -0.4 is 14.4 Å². The fourth-order valence-corrected chi connectivity index (χ4v) is 4.01. The third-order valence-electron chi connectivity index (χ3n) is 4.20. The third-order valence-corrected chi connectivity index (χ3v) is 5.62. The highest BCUT2D eigenvalue weighted by molar-refractivity contribution is 7.89. The van der Waals surface area contributed by atoms with Gasteiger partial charge in [0, 0.05) is 19.3 Å². The SMILES string of the molecule is COc1ccc(F)cc1S(=O)(=O)NCc1ccnc(N2CCCCC2)n1. The first kappa shape index (κ1) is 18.5. The van der Waals surface area contributed by atoms with Crippen molar-refractivity contribution >= 4 is 16.0 Å². The molecule has 0 aliphatic carbocycles. The molecule has 0 saturated carbocycles. The Morgan fingerprint density at radius 1 is 1.23 bits per heavy atom. The van der Waals surface area contributed by atoms with Crippen molar-refractivity contribution in [2.75, 3.05) is 25.1 Å². The molecule has 1 aliphatic rings. The van der Waals surface area contributed by atoms with E-state index in [0.717, 1.165) is 38.1 Å². The van der Waals surface area contributed by atoms with E-state index < -0.39 is 15.8 Å². The van der Waals surface area contributed by atoms with Crippen molar-refractivity contribution in [1.29, 1.82) is 0 Å². The molecule has 140 valence electrons. The lowest BCUT2D eigenvalue weighted by atomic mass is 10.1. The van der Waals surface area contributed by atoms with E-state index in [0.29, 0.717) is 11.6 Å². The summed E-state index contributed by atoms with van der Waals surface area (Å²) >= 11 is 0. The first-order valence-electron chi connectivity index (χ1n) is 8.40. The molecule has 1 N–H and O–H groups in total. The average molecular weight is 380 g/mol. The van der Waals surface area contributed by atoms with Crippen molar-refractivity contribution in [3.8, 4) is 5.75 Å². The minimum Gasteiger partial charge on any atom is -0.495 e. The highest BCUT2D eigenvalue weighted by atomic mass is 32.2. The Morgan fingerprint density at radius 3 is 2.73 bits per heavy atom. The summed E-state index contributed by atoms with van der Waals surface area (Å²) in [4.78, 5) is 10.6. The topological polar surface area (TPSA) is 84.4 Å². The molecule has 0 bridgehead atoms. The quantitative estimate of drug-likeness (QED) is 0.826. The zero-order chi connectivity index (χ0) is 18.6. The minimum absolute atomic E-state index is 0.0225. The van der Waals surface area contributed by atoms with Crippen LogP contribution in [0.1, 0.15) is 25.0 Å². The van der Waals surface area contributed by atoms with Crippen molar-refractivity contribution in [2.45, 2.75) is 30.7 Å². The molecule has 1 fully saturated rings. The lowest BCUT2D eigenvalue weighted by Gasteiger charge is -2.26. The van der Waals surface area contributed by atoms with Crippen LogP contribution in [0.3, 0.4) is 0 Å². The number of piperidine rings is 1. The molecule has 0 amide bonds. The number of nitrogens with zero attached hydrogens (tertiary/aromatic N) is 3. The van der Waals surface area contributed by atoms with Gasteiger partial charge in [0.15, 0.2) is 0 Å². The molecule has 1 saturated heterocycles. The van der Waals surface area contributed by atoms with Gasteiger partial charge in [0.1, 0.15) is 16.5 Å². The Labute approximate surface area is 152 Å². The van der Waals surface area contributed by atoms with Gasteiger partial charge in [0.2, 0.25) is 16.0 Å². The van der Waals surface area contributed by atoms with E-state index in [1.54, 1.807) is 12.3 Å². The molecule has 1 aliphatic heterocycles. The summed E-state index contributed by atoms with van der Waals surface area (Å²) in [7, 11) is -2.62. The summed E-state index contributed by atoms with van der Waals surface area (Å²) in [6.45, 7) is 1.77. The zero-order valence-electron chi connectivity index (χ0n) is 14.5. The van der Waals surface area contributed by atoms with E-state index in [9.17, 15) is 12.8 Å². The molecule has 1 aromatic heterocycles. The molecule has 2 aromatic rings. The van der Waals surface area contributed by atoms with Gasteiger partial charge in [-0.2, -0.15) is 0 Å². The summed E-state index contributed by atoms with van der Waals surface area (Å²) < 4.78 is 45.9. The summed E-state index contributed by atoms with van der Waals surface area (Å²) in [5, 5.41) is 0. The van der Waals surface area contributed by atoms with Crippen molar-refractivity contribution in [2.24, 2.45) is 0 Å². The Kier molecular flexibility index (Phi) is 5.67. The maximum absolute atomic E-state index is 13.5. The van der Waals surface area contributed by atoms with Gasteiger partial charge in [-0.25, -0.2) is 27.5 Å². The Balaban J connectivity index is 1.75. The van der Waals surface area contributed by atoms with Crippen molar-refractivity contribution in [3.05, 3.63) is 42.0 Å². The molecule has 2 heterocycles. The summed E-state index contributed by atoms with van der Waals surface area (Å²) in [5.41, 5.74) is 0.541. The number of aromatic nitrogens is 2. The molecule has 7 nitrogen and oxygen atoms in total. The van der Waals surface area contributed by atoms with Crippen molar-refractivity contribution in [1.82, 2.24) is 14.7 Å². The van der Waals surface area contributed by atoms with Gasteiger partial charge in [0.25, 0.3) is 0 Å². The van der Waals surface area contributed by atoms with Gasteiger partial charge in [0.05, 0.1) is 19.3 Å². The largest absolute Gasteiger partial charge is 0.495 e. The lowest BCUT2D eigenvalue weighted by Crippen LogP contribution is -2.31. The lowest BCUT2D eigenvalue weighted by molar-refractivity contribution is 0.400. The first-order valence-corrected chi connectivity index (χ1v) is 9.88. The molecule has 0 spiro atoms. The number of nitrogens with one attached hydrogen (secondary N) is 1. The molecule has 0 radical (unpaired) electrons. The second-order valence-electron chi connectivity index (χ2n) is 6.02. The van der Waals surface area contributed by atoms with Crippen molar-refractivity contribution in [3.63, 3.8) is 0 Å². The van der Waals surface area contributed by atoms with Gasteiger partial charge in [-0.05, 0) is 43.5 Å². The number of sulfonamides is 1. The number of anilines is 1. The maximum atomic E-state index is 13.5.